The lowest BCUT2D eigenvalue weighted by molar-refractivity contribution is 0.449. The van der Waals surface area contributed by atoms with Crippen molar-refractivity contribution in [1.29, 1.82) is 0 Å². The highest BCUT2D eigenvalue weighted by molar-refractivity contribution is 6.09. The third-order valence-electron chi connectivity index (χ3n) is 12.2. The van der Waals surface area contributed by atoms with Crippen molar-refractivity contribution in [3.63, 3.8) is 0 Å². The fourth-order valence-corrected chi connectivity index (χ4v) is 8.72. The lowest BCUT2D eigenvalue weighted by atomic mass is 9.86. The van der Waals surface area contributed by atoms with Gasteiger partial charge in [0.2, 0.25) is 17.7 Å². The zero-order valence-electron chi connectivity index (χ0n) is 40.0. The van der Waals surface area contributed by atoms with Gasteiger partial charge in [0.15, 0.2) is 0 Å². The van der Waals surface area contributed by atoms with Gasteiger partial charge >= 0.3 is 0 Å². The molecule has 0 saturated heterocycles. The Morgan fingerprint density at radius 3 is 1.25 bits per heavy atom. The molecule has 0 bridgehead atoms. The molecule has 0 aliphatic rings. The fourth-order valence-electron chi connectivity index (χ4n) is 8.72. The van der Waals surface area contributed by atoms with Crippen molar-refractivity contribution in [2.75, 3.05) is 0 Å². The standard InChI is InChI=1S/C59H52N6O4/c1-37-29-45(68-53-13-9-11-27-61-53)33-51(55(37)39-15-19-41(20-16-39)58(3,4)5)66-43-23-25-47-48-26-24-44(32-50(48)65(49(47)31-43)57-63-35-60-36-64-57)67-52-34-46(69-54-14-10-12-28-62-54)30-38(2)56(52)40-17-21-42(22-18-40)59(6,7)8/h9-36H,1-8H3. The van der Waals surface area contributed by atoms with Crippen LogP contribution < -0.4 is 18.9 Å². The van der Waals surface area contributed by atoms with Gasteiger partial charge in [-0.2, -0.15) is 0 Å². The van der Waals surface area contributed by atoms with Crippen LogP contribution in [0.1, 0.15) is 63.8 Å². The number of fused-ring (bicyclic) bond motifs is 3. The molecule has 0 N–H and O–H groups in total. The SMILES string of the molecule is Cc1cc(Oc2ccccn2)cc(Oc2ccc3c4ccc(Oc5cc(Oc6ccccn6)cc(C)c5-c5ccc(C(C)(C)C)cc5)cc4n(-c4ncncn4)c3c2)c1-c1ccc(C(C)(C)C)cc1. The summed E-state index contributed by atoms with van der Waals surface area (Å²) in [6.07, 6.45) is 6.42. The van der Waals surface area contributed by atoms with Crippen LogP contribution in [0.4, 0.5) is 0 Å². The minimum absolute atomic E-state index is 0.00789. The van der Waals surface area contributed by atoms with E-state index in [2.05, 4.69) is 141 Å². The molecule has 10 heteroatoms. The van der Waals surface area contributed by atoms with Gasteiger partial charge in [-0.05, 0) is 107 Å². The van der Waals surface area contributed by atoms with Gasteiger partial charge < -0.3 is 18.9 Å². The Bertz CT molecular complexity index is 3240. The summed E-state index contributed by atoms with van der Waals surface area (Å²) in [5, 5.41) is 1.96. The van der Waals surface area contributed by atoms with Gasteiger partial charge in [-0.3, -0.25) is 4.57 Å². The van der Waals surface area contributed by atoms with Crippen molar-refractivity contribution in [1.82, 2.24) is 29.5 Å². The molecule has 0 fully saturated rings. The second kappa shape index (κ2) is 18.0. The van der Waals surface area contributed by atoms with Gasteiger partial charge in [-0.15, -0.1) is 0 Å². The highest BCUT2D eigenvalue weighted by Gasteiger charge is 2.22. The molecular weight excluding hydrogens is 857 g/mol. The molecule has 0 aliphatic heterocycles. The molecule has 0 radical (unpaired) electrons. The second-order valence-corrected chi connectivity index (χ2v) is 19.3. The lowest BCUT2D eigenvalue weighted by Gasteiger charge is -2.20. The molecule has 6 aromatic carbocycles. The van der Waals surface area contributed by atoms with E-state index in [-0.39, 0.29) is 10.8 Å². The van der Waals surface area contributed by atoms with Gasteiger partial charge in [0, 0.05) is 70.7 Å². The number of hydrogen-bond acceptors (Lipinski definition) is 9. The smallest absolute Gasteiger partial charge is 0.237 e. The van der Waals surface area contributed by atoms with Crippen molar-refractivity contribution >= 4 is 21.8 Å². The second-order valence-electron chi connectivity index (χ2n) is 19.3. The Labute approximate surface area is 402 Å². The Morgan fingerprint density at radius 2 is 0.855 bits per heavy atom. The molecule has 0 aliphatic carbocycles. The van der Waals surface area contributed by atoms with Crippen LogP contribution in [0.3, 0.4) is 0 Å². The Hall–Kier alpha value is -8.37. The van der Waals surface area contributed by atoms with Crippen LogP contribution in [0.5, 0.6) is 46.3 Å². The third-order valence-corrected chi connectivity index (χ3v) is 12.2. The van der Waals surface area contributed by atoms with Gasteiger partial charge in [0.25, 0.3) is 0 Å². The first-order chi connectivity index (χ1) is 33.2. The normalized spacial score (nSPS) is 11.8. The van der Waals surface area contributed by atoms with E-state index >= 15 is 0 Å². The summed E-state index contributed by atoms with van der Waals surface area (Å²) >= 11 is 0. The number of ether oxygens (including phenoxy) is 4. The Morgan fingerprint density at radius 1 is 0.420 bits per heavy atom. The molecular formula is C59H52N6O4. The molecule has 0 atom stereocenters. The lowest BCUT2D eigenvalue weighted by Crippen LogP contribution is -2.10. The summed E-state index contributed by atoms with van der Waals surface area (Å²) in [7, 11) is 0. The fraction of sp³-hybridized carbons (Fsp3) is 0.169. The van der Waals surface area contributed by atoms with E-state index in [9.17, 15) is 0 Å². The van der Waals surface area contributed by atoms with Gasteiger partial charge in [0.1, 0.15) is 47.2 Å². The highest BCUT2D eigenvalue weighted by atomic mass is 16.5. The van der Waals surface area contributed by atoms with Crippen LogP contribution in [-0.2, 0) is 10.8 Å². The van der Waals surface area contributed by atoms with Gasteiger partial charge in [-0.25, -0.2) is 24.9 Å². The van der Waals surface area contributed by atoms with E-state index in [1.807, 2.05) is 89.5 Å². The molecule has 4 heterocycles. The quantitative estimate of drug-likeness (QED) is 0.125. The Balaban J connectivity index is 1.08. The number of rotatable bonds is 11. The molecule has 0 unspecified atom stereocenters. The molecule has 69 heavy (non-hydrogen) atoms. The number of benzene rings is 6. The molecule has 4 aromatic heterocycles. The largest absolute Gasteiger partial charge is 0.456 e. The molecule has 0 saturated carbocycles. The van der Waals surface area contributed by atoms with Gasteiger partial charge in [0.05, 0.1) is 11.0 Å². The minimum atomic E-state index is 0.00789. The van der Waals surface area contributed by atoms with Crippen molar-refractivity contribution in [3.05, 3.63) is 193 Å². The monoisotopic (exact) mass is 908 g/mol. The summed E-state index contributed by atoms with van der Waals surface area (Å²) in [5.74, 6) is 5.14. The maximum absolute atomic E-state index is 6.96. The predicted octanol–water partition coefficient (Wildman–Crippen LogP) is 15.5. The van der Waals surface area contributed by atoms with Crippen molar-refractivity contribution < 1.29 is 18.9 Å². The number of hydrogen-bond donors (Lipinski definition) is 0. The first kappa shape index (κ1) is 44.5. The molecule has 10 rings (SSSR count). The van der Waals surface area contributed by atoms with Crippen LogP contribution in [0.2, 0.25) is 0 Å². The summed E-state index contributed by atoms with van der Waals surface area (Å²) < 4.78 is 28.5. The first-order valence-electron chi connectivity index (χ1n) is 23.0. The van der Waals surface area contributed by atoms with Crippen molar-refractivity contribution in [3.8, 4) is 74.5 Å². The molecule has 342 valence electrons. The number of aromatic nitrogens is 6. The molecule has 10 nitrogen and oxygen atoms in total. The van der Waals surface area contributed by atoms with Crippen LogP contribution in [-0.4, -0.2) is 29.5 Å². The first-order valence-corrected chi connectivity index (χ1v) is 23.0. The number of aryl methyl sites for hydroxylation is 2. The zero-order valence-corrected chi connectivity index (χ0v) is 40.0. The highest BCUT2D eigenvalue weighted by Crippen LogP contribution is 2.45. The van der Waals surface area contributed by atoms with E-state index in [1.165, 1.54) is 23.8 Å². The molecule has 0 amide bonds. The topological polar surface area (TPSA) is 106 Å². The van der Waals surface area contributed by atoms with Crippen LogP contribution >= 0.6 is 0 Å². The van der Waals surface area contributed by atoms with Crippen molar-refractivity contribution in [2.45, 2.75) is 66.2 Å². The van der Waals surface area contributed by atoms with E-state index < -0.39 is 0 Å². The van der Waals surface area contributed by atoms with E-state index in [0.717, 1.165) is 55.2 Å². The average Bonchev–Trinajstić information content (AvgIpc) is 3.64. The predicted molar refractivity (Wildman–Crippen MR) is 274 cm³/mol. The van der Waals surface area contributed by atoms with Crippen LogP contribution in [0.15, 0.2) is 171 Å². The summed E-state index contributed by atoms with van der Waals surface area (Å²) in [6, 6.07) is 48.6. The maximum Gasteiger partial charge on any atom is 0.237 e. The van der Waals surface area contributed by atoms with Crippen LogP contribution in [0.25, 0.3) is 50.0 Å². The van der Waals surface area contributed by atoms with E-state index in [4.69, 9.17) is 18.9 Å². The minimum Gasteiger partial charge on any atom is -0.456 e. The molecule has 0 spiro atoms. The van der Waals surface area contributed by atoms with Gasteiger partial charge in [-0.1, -0.05) is 102 Å². The number of pyridine rings is 2. The zero-order chi connectivity index (χ0) is 47.9. The van der Waals surface area contributed by atoms with E-state index in [1.54, 1.807) is 12.4 Å². The van der Waals surface area contributed by atoms with Crippen molar-refractivity contribution in [2.24, 2.45) is 0 Å². The van der Waals surface area contributed by atoms with E-state index in [0.29, 0.717) is 52.2 Å². The average molecular weight is 909 g/mol. The Kier molecular flexibility index (Phi) is 11.6. The van der Waals surface area contributed by atoms with Crippen LogP contribution in [0, 0.1) is 13.8 Å². The molecule has 10 aromatic rings. The summed E-state index contributed by atoms with van der Waals surface area (Å²) in [6.45, 7) is 17.5. The third kappa shape index (κ3) is 9.34. The summed E-state index contributed by atoms with van der Waals surface area (Å²) in [5.41, 5.74) is 10.1. The number of nitrogens with zero attached hydrogens (tertiary/aromatic N) is 6. The summed E-state index contributed by atoms with van der Waals surface area (Å²) in [4.78, 5) is 22.3. The maximum atomic E-state index is 6.96.